The summed E-state index contributed by atoms with van der Waals surface area (Å²) in [4.78, 5) is 18.9. The van der Waals surface area contributed by atoms with Crippen molar-refractivity contribution in [3.05, 3.63) is 72.4 Å². The van der Waals surface area contributed by atoms with Crippen molar-refractivity contribution in [3.8, 4) is 5.88 Å². The fourth-order valence-corrected chi connectivity index (χ4v) is 3.65. The van der Waals surface area contributed by atoms with E-state index in [2.05, 4.69) is 35.4 Å². The van der Waals surface area contributed by atoms with Crippen LogP contribution in [0.3, 0.4) is 0 Å². The van der Waals surface area contributed by atoms with Crippen molar-refractivity contribution in [1.29, 1.82) is 0 Å². The van der Waals surface area contributed by atoms with Gasteiger partial charge in [0.05, 0.1) is 31.7 Å². The Kier molecular flexibility index (Phi) is 6.39. The van der Waals surface area contributed by atoms with Gasteiger partial charge in [-0.15, -0.1) is 0 Å². The highest BCUT2D eigenvalue weighted by Gasteiger charge is 2.15. The van der Waals surface area contributed by atoms with Crippen LogP contribution in [0.2, 0.25) is 0 Å². The van der Waals surface area contributed by atoms with E-state index in [0.717, 1.165) is 41.2 Å². The molecule has 0 atom stereocenters. The highest BCUT2D eigenvalue weighted by Crippen LogP contribution is 2.22. The van der Waals surface area contributed by atoms with Crippen molar-refractivity contribution in [2.75, 3.05) is 43.2 Å². The number of hydrogen-bond acceptors (Lipinski definition) is 8. The van der Waals surface area contributed by atoms with E-state index in [1.165, 1.54) is 0 Å². The molecule has 1 aliphatic heterocycles. The normalized spacial score (nSPS) is 14.1. The van der Waals surface area contributed by atoms with Crippen molar-refractivity contribution < 1.29 is 9.47 Å². The molecule has 5 rings (SSSR count). The van der Waals surface area contributed by atoms with Crippen LogP contribution >= 0.6 is 0 Å². The number of fused-ring (bicyclic) bond motifs is 1. The van der Waals surface area contributed by atoms with E-state index in [0.29, 0.717) is 37.9 Å². The zero-order valence-electron chi connectivity index (χ0n) is 18.1. The SMILES string of the molecule is C(=NNc1c[nH]c2ccccc12)c1nc(OCCc2ccccn2)cc(N2CCOCC2)n1. The van der Waals surface area contributed by atoms with Gasteiger partial charge in [0.15, 0.2) is 5.82 Å². The number of ether oxygens (including phenoxy) is 2. The van der Waals surface area contributed by atoms with Crippen molar-refractivity contribution in [2.24, 2.45) is 5.10 Å². The number of hydrogen-bond donors (Lipinski definition) is 2. The summed E-state index contributed by atoms with van der Waals surface area (Å²) in [5.41, 5.74) is 5.98. The molecular formula is C24H25N7O2. The Morgan fingerprint density at radius 1 is 1.12 bits per heavy atom. The average Bonchev–Trinajstić information content (AvgIpc) is 3.28. The molecule has 1 aliphatic rings. The molecule has 0 bridgehead atoms. The number of aromatic amines is 1. The van der Waals surface area contributed by atoms with Crippen molar-refractivity contribution in [3.63, 3.8) is 0 Å². The molecule has 9 nitrogen and oxygen atoms in total. The molecule has 0 spiro atoms. The second-order valence-corrected chi connectivity index (χ2v) is 7.56. The number of anilines is 2. The average molecular weight is 444 g/mol. The number of rotatable bonds is 8. The van der Waals surface area contributed by atoms with Crippen LogP contribution in [0.15, 0.2) is 66.0 Å². The topological polar surface area (TPSA) is 101 Å². The Morgan fingerprint density at radius 3 is 2.88 bits per heavy atom. The third kappa shape index (κ3) is 5.27. The third-order valence-corrected chi connectivity index (χ3v) is 5.33. The van der Waals surface area contributed by atoms with E-state index in [9.17, 15) is 0 Å². The van der Waals surface area contributed by atoms with Crippen LogP contribution < -0.4 is 15.1 Å². The molecule has 1 aromatic carbocycles. The molecule has 1 saturated heterocycles. The number of nitrogens with zero attached hydrogens (tertiary/aromatic N) is 5. The van der Waals surface area contributed by atoms with Crippen LogP contribution in [-0.2, 0) is 11.2 Å². The molecular weight excluding hydrogens is 418 g/mol. The van der Waals surface area contributed by atoms with Crippen LogP contribution in [0.25, 0.3) is 10.9 Å². The summed E-state index contributed by atoms with van der Waals surface area (Å²) in [5.74, 6) is 1.78. The van der Waals surface area contributed by atoms with Crippen LogP contribution in [0.1, 0.15) is 11.5 Å². The van der Waals surface area contributed by atoms with E-state index < -0.39 is 0 Å². The quantitative estimate of drug-likeness (QED) is 0.318. The van der Waals surface area contributed by atoms with Gasteiger partial charge in [0.1, 0.15) is 5.82 Å². The number of nitrogens with one attached hydrogen (secondary N) is 2. The number of morpholine rings is 1. The molecule has 0 amide bonds. The van der Waals surface area contributed by atoms with Gasteiger partial charge in [-0.25, -0.2) is 4.98 Å². The minimum atomic E-state index is 0.471. The van der Waals surface area contributed by atoms with E-state index in [1.54, 1.807) is 12.4 Å². The predicted molar refractivity (Wildman–Crippen MR) is 128 cm³/mol. The molecule has 0 radical (unpaired) electrons. The van der Waals surface area contributed by atoms with Gasteiger partial charge < -0.3 is 19.4 Å². The molecule has 33 heavy (non-hydrogen) atoms. The predicted octanol–water partition coefficient (Wildman–Crippen LogP) is 3.26. The zero-order chi connectivity index (χ0) is 22.3. The fraction of sp³-hybridized carbons (Fsp3) is 0.250. The van der Waals surface area contributed by atoms with Crippen LogP contribution in [0.5, 0.6) is 5.88 Å². The van der Waals surface area contributed by atoms with E-state index in [1.807, 2.05) is 54.7 Å². The number of hydrazone groups is 1. The minimum absolute atomic E-state index is 0.471. The Balaban J connectivity index is 1.32. The standard InChI is InChI=1S/C24H25N7O2/c1-2-7-20-19(6-1)21(16-26-20)30-27-17-22-28-23(31-10-13-32-14-11-31)15-24(29-22)33-12-8-18-5-3-4-9-25-18/h1-7,9,15-17,26,30H,8,10-14H2. The Bertz CT molecular complexity index is 1220. The second-order valence-electron chi connectivity index (χ2n) is 7.56. The lowest BCUT2D eigenvalue weighted by Crippen LogP contribution is -2.37. The second kappa shape index (κ2) is 10.1. The summed E-state index contributed by atoms with van der Waals surface area (Å²) in [6.45, 7) is 3.36. The van der Waals surface area contributed by atoms with Gasteiger partial charge in [0.2, 0.25) is 5.88 Å². The van der Waals surface area contributed by atoms with Crippen molar-refractivity contribution in [1.82, 2.24) is 19.9 Å². The maximum atomic E-state index is 5.96. The molecule has 0 aliphatic carbocycles. The highest BCUT2D eigenvalue weighted by atomic mass is 16.5. The summed E-state index contributed by atoms with van der Waals surface area (Å²) < 4.78 is 11.4. The molecule has 9 heteroatoms. The van der Waals surface area contributed by atoms with Gasteiger partial charge in [-0.3, -0.25) is 10.4 Å². The minimum Gasteiger partial charge on any atom is -0.477 e. The largest absolute Gasteiger partial charge is 0.477 e. The number of H-pyrrole nitrogens is 1. The van der Waals surface area contributed by atoms with Gasteiger partial charge in [-0.2, -0.15) is 10.1 Å². The lowest BCUT2D eigenvalue weighted by atomic mass is 10.2. The molecule has 3 aromatic heterocycles. The Labute approximate surface area is 191 Å². The van der Waals surface area contributed by atoms with Crippen LogP contribution in [0.4, 0.5) is 11.5 Å². The lowest BCUT2D eigenvalue weighted by molar-refractivity contribution is 0.122. The number of aromatic nitrogens is 4. The van der Waals surface area contributed by atoms with Crippen LogP contribution in [-0.4, -0.2) is 59.1 Å². The van der Waals surface area contributed by atoms with E-state index in [4.69, 9.17) is 9.47 Å². The first-order valence-corrected chi connectivity index (χ1v) is 10.9. The van der Waals surface area contributed by atoms with Gasteiger partial charge >= 0.3 is 0 Å². The third-order valence-electron chi connectivity index (χ3n) is 5.33. The first-order valence-electron chi connectivity index (χ1n) is 10.9. The Hall–Kier alpha value is -3.98. The number of benzene rings is 1. The highest BCUT2D eigenvalue weighted by molar-refractivity contribution is 5.92. The molecule has 4 heterocycles. The lowest BCUT2D eigenvalue weighted by Gasteiger charge is -2.28. The smallest absolute Gasteiger partial charge is 0.219 e. The maximum absolute atomic E-state index is 5.96. The fourth-order valence-electron chi connectivity index (χ4n) is 3.65. The van der Waals surface area contributed by atoms with Crippen molar-refractivity contribution >= 4 is 28.6 Å². The molecule has 0 unspecified atom stereocenters. The van der Waals surface area contributed by atoms with Gasteiger partial charge in [-0.05, 0) is 18.2 Å². The molecule has 1 fully saturated rings. The maximum Gasteiger partial charge on any atom is 0.219 e. The summed E-state index contributed by atoms with van der Waals surface area (Å²) in [6, 6.07) is 15.8. The summed E-state index contributed by atoms with van der Waals surface area (Å²) >= 11 is 0. The molecule has 4 aromatic rings. The van der Waals surface area contributed by atoms with E-state index >= 15 is 0 Å². The van der Waals surface area contributed by atoms with Gasteiger partial charge in [-0.1, -0.05) is 24.3 Å². The number of pyridine rings is 1. The molecule has 0 saturated carbocycles. The van der Waals surface area contributed by atoms with Gasteiger partial charge in [0.25, 0.3) is 0 Å². The van der Waals surface area contributed by atoms with Crippen molar-refractivity contribution in [2.45, 2.75) is 6.42 Å². The first-order chi connectivity index (χ1) is 16.3. The summed E-state index contributed by atoms with van der Waals surface area (Å²) in [6.07, 6.45) is 5.98. The monoisotopic (exact) mass is 443 g/mol. The summed E-state index contributed by atoms with van der Waals surface area (Å²) in [5, 5.41) is 5.43. The molecule has 2 N–H and O–H groups in total. The first kappa shape index (κ1) is 20.9. The molecule has 168 valence electrons. The zero-order valence-corrected chi connectivity index (χ0v) is 18.1. The van der Waals surface area contributed by atoms with Gasteiger partial charge in [0, 0.05) is 54.6 Å². The van der Waals surface area contributed by atoms with E-state index in [-0.39, 0.29) is 0 Å². The summed E-state index contributed by atoms with van der Waals surface area (Å²) in [7, 11) is 0. The number of para-hydroxylation sites is 1. The Morgan fingerprint density at radius 2 is 2.00 bits per heavy atom. The van der Waals surface area contributed by atoms with Crippen LogP contribution in [0, 0.1) is 0 Å².